The van der Waals surface area contributed by atoms with E-state index in [1.165, 1.54) is 10.9 Å². The van der Waals surface area contributed by atoms with E-state index in [1.807, 2.05) is 0 Å². The molecule has 1 unspecified atom stereocenters. The van der Waals surface area contributed by atoms with Gasteiger partial charge in [-0.3, -0.25) is 9.48 Å². The summed E-state index contributed by atoms with van der Waals surface area (Å²) in [5, 5.41) is 3.96. The Hall–Kier alpha value is -2.45. The minimum Gasteiger partial charge on any atom is -0.337 e. The number of Topliss-reactive ketones (excluding diaryl/α,β-unsaturated/α-hetero) is 1. The maximum atomic E-state index is 12.8. The molecule has 6 nitrogen and oxygen atoms in total. The molecule has 1 aliphatic rings. The van der Waals surface area contributed by atoms with Crippen LogP contribution in [0.2, 0.25) is 0 Å². The van der Waals surface area contributed by atoms with Crippen LogP contribution in [0, 0.1) is 0 Å². The number of halogens is 3. The van der Waals surface area contributed by atoms with Gasteiger partial charge >= 0.3 is 6.18 Å². The Morgan fingerprint density at radius 3 is 2.88 bits per heavy atom. The first-order chi connectivity index (χ1) is 11.3. The number of anilines is 1. The number of carbonyl (C=O) groups excluding carboxylic acids is 1. The molecule has 1 atom stereocenters. The summed E-state index contributed by atoms with van der Waals surface area (Å²) in [4.78, 5) is 21.6. The van der Waals surface area contributed by atoms with Crippen LogP contribution in [0.25, 0.3) is 0 Å². The van der Waals surface area contributed by atoms with Gasteiger partial charge in [-0.25, -0.2) is 9.97 Å². The highest BCUT2D eigenvalue weighted by molar-refractivity contribution is 5.96. The SMILES string of the molecule is Cn1cc(C(=O)CC2CCCN2c2nccc(C(F)(F)F)n2)cn1. The van der Waals surface area contributed by atoms with Gasteiger partial charge in [0.2, 0.25) is 5.95 Å². The van der Waals surface area contributed by atoms with Crippen LogP contribution in [0.4, 0.5) is 19.1 Å². The smallest absolute Gasteiger partial charge is 0.337 e. The van der Waals surface area contributed by atoms with E-state index in [-0.39, 0.29) is 24.2 Å². The number of ketones is 1. The normalized spacial score (nSPS) is 18.2. The standard InChI is InChI=1S/C15H16F3N5O/c1-22-9-10(8-20-22)12(24)7-11-3-2-6-23(11)14-19-5-4-13(21-14)15(16,17)18/h4-5,8-9,11H,2-3,6-7H2,1H3. The molecule has 1 saturated heterocycles. The van der Waals surface area contributed by atoms with Gasteiger partial charge in [-0.1, -0.05) is 0 Å². The molecular formula is C15H16F3N5O. The van der Waals surface area contributed by atoms with Gasteiger partial charge in [0.05, 0.1) is 11.8 Å². The lowest BCUT2D eigenvalue weighted by molar-refractivity contribution is -0.141. The Labute approximate surface area is 136 Å². The monoisotopic (exact) mass is 339 g/mol. The summed E-state index contributed by atoms with van der Waals surface area (Å²) in [5.41, 5.74) is -0.481. The van der Waals surface area contributed by atoms with Gasteiger partial charge in [-0.05, 0) is 18.9 Å². The molecule has 128 valence electrons. The zero-order chi connectivity index (χ0) is 17.3. The van der Waals surface area contributed by atoms with E-state index >= 15 is 0 Å². The van der Waals surface area contributed by atoms with Crippen molar-refractivity contribution in [1.29, 1.82) is 0 Å². The molecule has 0 saturated carbocycles. The maximum absolute atomic E-state index is 12.8. The minimum absolute atomic E-state index is 0.0197. The maximum Gasteiger partial charge on any atom is 0.433 e. The third-order valence-corrected chi connectivity index (χ3v) is 4.02. The van der Waals surface area contributed by atoms with Crippen molar-refractivity contribution in [2.75, 3.05) is 11.4 Å². The Morgan fingerprint density at radius 2 is 2.21 bits per heavy atom. The van der Waals surface area contributed by atoms with Crippen LogP contribution in [0.15, 0.2) is 24.7 Å². The van der Waals surface area contributed by atoms with Gasteiger partial charge in [-0.15, -0.1) is 0 Å². The van der Waals surface area contributed by atoms with E-state index in [0.29, 0.717) is 18.5 Å². The molecule has 0 aromatic carbocycles. The number of aryl methyl sites for hydroxylation is 1. The number of hydrogen-bond acceptors (Lipinski definition) is 5. The molecule has 1 aliphatic heterocycles. The Kier molecular flexibility index (Phi) is 4.25. The summed E-state index contributed by atoms with van der Waals surface area (Å²) in [6, 6.07) is 0.635. The molecular weight excluding hydrogens is 323 g/mol. The van der Waals surface area contributed by atoms with Gasteiger partial charge in [0.25, 0.3) is 0 Å². The molecule has 2 aromatic rings. The molecule has 0 amide bonds. The fourth-order valence-corrected chi connectivity index (χ4v) is 2.85. The topological polar surface area (TPSA) is 63.9 Å². The van der Waals surface area contributed by atoms with Crippen LogP contribution in [-0.4, -0.2) is 38.1 Å². The number of aromatic nitrogens is 4. The minimum atomic E-state index is -4.52. The number of alkyl halides is 3. The first-order valence-electron chi connectivity index (χ1n) is 7.53. The summed E-state index contributed by atoms with van der Waals surface area (Å²) in [6.45, 7) is 0.534. The fourth-order valence-electron chi connectivity index (χ4n) is 2.85. The van der Waals surface area contributed by atoms with E-state index in [0.717, 1.165) is 18.7 Å². The quantitative estimate of drug-likeness (QED) is 0.801. The predicted molar refractivity (Wildman–Crippen MR) is 79.6 cm³/mol. The zero-order valence-corrected chi connectivity index (χ0v) is 13.0. The summed E-state index contributed by atoms with van der Waals surface area (Å²) in [5.74, 6) is -0.0710. The Balaban J connectivity index is 1.77. The molecule has 0 spiro atoms. The summed E-state index contributed by atoms with van der Waals surface area (Å²) in [6.07, 6.45) is 1.40. The lowest BCUT2D eigenvalue weighted by Crippen LogP contribution is -2.33. The van der Waals surface area contributed by atoms with Crippen LogP contribution < -0.4 is 4.90 Å². The molecule has 3 heterocycles. The molecule has 0 bridgehead atoms. The van der Waals surface area contributed by atoms with Crippen molar-refractivity contribution >= 4 is 11.7 Å². The third-order valence-electron chi connectivity index (χ3n) is 4.02. The molecule has 0 aliphatic carbocycles. The van der Waals surface area contributed by atoms with Crippen LogP contribution >= 0.6 is 0 Å². The molecule has 1 fully saturated rings. The lowest BCUT2D eigenvalue weighted by Gasteiger charge is -2.24. The third kappa shape index (κ3) is 3.39. The first-order valence-corrected chi connectivity index (χ1v) is 7.53. The van der Waals surface area contributed by atoms with Crippen molar-refractivity contribution in [2.24, 2.45) is 7.05 Å². The fraction of sp³-hybridized carbons (Fsp3) is 0.467. The average Bonchev–Trinajstić information content (AvgIpc) is 3.15. The van der Waals surface area contributed by atoms with Gasteiger partial charge in [0.1, 0.15) is 5.69 Å². The van der Waals surface area contributed by atoms with Crippen molar-refractivity contribution in [2.45, 2.75) is 31.5 Å². The van der Waals surface area contributed by atoms with Crippen LogP contribution in [0.1, 0.15) is 35.3 Å². The van der Waals surface area contributed by atoms with Gasteiger partial charge < -0.3 is 4.90 Å². The molecule has 0 N–H and O–H groups in total. The lowest BCUT2D eigenvalue weighted by atomic mass is 10.0. The molecule has 0 radical (unpaired) electrons. The summed E-state index contributed by atoms with van der Waals surface area (Å²) in [7, 11) is 1.72. The second-order valence-electron chi connectivity index (χ2n) is 5.76. The van der Waals surface area contributed by atoms with E-state index in [9.17, 15) is 18.0 Å². The molecule has 3 rings (SSSR count). The summed E-state index contributed by atoms with van der Waals surface area (Å²) >= 11 is 0. The van der Waals surface area contributed by atoms with E-state index in [2.05, 4.69) is 15.1 Å². The highest BCUT2D eigenvalue weighted by atomic mass is 19.4. The van der Waals surface area contributed by atoms with E-state index in [4.69, 9.17) is 0 Å². The van der Waals surface area contributed by atoms with Crippen molar-refractivity contribution in [3.63, 3.8) is 0 Å². The molecule has 9 heteroatoms. The number of nitrogens with zero attached hydrogens (tertiary/aromatic N) is 5. The van der Waals surface area contributed by atoms with Crippen LogP contribution in [0.3, 0.4) is 0 Å². The zero-order valence-electron chi connectivity index (χ0n) is 13.0. The first kappa shape index (κ1) is 16.4. The molecule has 24 heavy (non-hydrogen) atoms. The molecule has 2 aromatic heterocycles. The Bertz CT molecular complexity index is 743. The van der Waals surface area contributed by atoms with Crippen LogP contribution in [-0.2, 0) is 13.2 Å². The van der Waals surface area contributed by atoms with Crippen molar-refractivity contribution < 1.29 is 18.0 Å². The van der Waals surface area contributed by atoms with Gasteiger partial charge in [0.15, 0.2) is 5.78 Å². The predicted octanol–water partition coefficient (Wildman–Crippen LogP) is 2.47. The number of rotatable bonds is 4. The van der Waals surface area contributed by atoms with E-state index < -0.39 is 11.9 Å². The van der Waals surface area contributed by atoms with Crippen molar-refractivity contribution in [3.8, 4) is 0 Å². The van der Waals surface area contributed by atoms with Crippen molar-refractivity contribution in [1.82, 2.24) is 19.7 Å². The van der Waals surface area contributed by atoms with Crippen LogP contribution in [0.5, 0.6) is 0 Å². The van der Waals surface area contributed by atoms with Gasteiger partial charge in [-0.2, -0.15) is 18.3 Å². The summed E-state index contributed by atoms with van der Waals surface area (Å²) < 4.78 is 40.0. The van der Waals surface area contributed by atoms with Gasteiger partial charge in [0, 0.05) is 38.4 Å². The second kappa shape index (κ2) is 6.21. The average molecular weight is 339 g/mol. The highest BCUT2D eigenvalue weighted by Crippen LogP contribution is 2.30. The second-order valence-corrected chi connectivity index (χ2v) is 5.76. The largest absolute Gasteiger partial charge is 0.433 e. The Morgan fingerprint density at radius 1 is 1.42 bits per heavy atom. The highest BCUT2D eigenvalue weighted by Gasteiger charge is 2.35. The van der Waals surface area contributed by atoms with Crippen molar-refractivity contribution in [3.05, 3.63) is 35.9 Å². The van der Waals surface area contributed by atoms with E-state index in [1.54, 1.807) is 18.1 Å². The number of hydrogen-bond donors (Lipinski definition) is 0. The number of carbonyl (C=O) groups is 1.